The van der Waals surface area contributed by atoms with Crippen LogP contribution in [0.1, 0.15) is 28.4 Å². The minimum absolute atomic E-state index is 0.110. The zero-order chi connectivity index (χ0) is 23.5. The third kappa shape index (κ3) is 5.17. The number of benzene rings is 2. The molecule has 2 aromatic carbocycles. The number of carbonyl (C=O) groups is 1. The number of hydrogen-bond donors (Lipinski definition) is 0. The number of hydrogen-bond acceptors (Lipinski definition) is 5. The topological polar surface area (TPSA) is 63.0 Å². The summed E-state index contributed by atoms with van der Waals surface area (Å²) in [6, 6.07) is 11.1. The lowest BCUT2D eigenvalue weighted by atomic mass is 10.1. The van der Waals surface area contributed by atoms with E-state index >= 15 is 0 Å². The predicted molar refractivity (Wildman–Crippen MR) is 121 cm³/mol. The second-order valence-corrected chi connectivity index (χ2v) is 8.23. The maximum atomic E-state index is 12.9. The molecule has 6 nitrogen and oxygen atoms in total. The van der Waals surface area contributed by atoms with Gasteiger partial charge in [-0.15, -0.1) is 0 Å². The van der Waals surface area contributed by atoms with Gasteiger partial charge in [-0.1, -0.05) is 30.7 Å². The number of para-hydroxylation sites is 1. The highest BCUT2D eigenvalue weighted by molar-refractivity contribution is 6.32. The molecule has 0 unspecified atom stereocenters. The predicted octanol–water partition coefficient (Wildman–Crippen LogP) is 4.57. The van der Waals surface area contributed by atoms with Crippen molar-refractivity contribution in [2.75, 3.05) is 26.2 Å². The number of rotatable bonds is 6. The average Bonchev–Trinajstić information content (AvgIpc) is 2.79. The Balaban J connectivity index is 1.47. The number of ether oxygens (including phenoxy) is 1. The van der Waals surface area contributed by atoms with E-state index in [1.54, 1.807) is 23.1 Å². The quantitative estimate of drug-likeness (QED) is 0.488. The lowest BCUT2D eigenvalue weighted by Crippen LogP contribution is -2.48. The van der Waals surface area contributed by atoms with Crippen molar-refractivity contribution in [2.24, 2.45) is 0 Å². The van der Waals surface area contributed by atoms with Gasteiger partial charge in [-0.05, 0) is 41.8 Å². The highest BCUT2D eigenvalue weighted by atomic mass is 35.5. The number of fused-ring (bicyclic) bond motifs is 1. The molecular formula is C24H23ClF2N2O4. The van der Waals surface area contributed by atoms with Crippen molar-refractivity contribution >= 4 is 28.5 Å². The fourth-order valence-corrected chi connectivity index (χ4v) is 4.35. The number of piperazine rings is 1. The summed E-state index contributed by atoms with van der Waals surface area (Å²) >= 11 is 6.38. The van der Waals surface area contributed by atoms with E-state index in [-0.39, 0.29) is 17.2 Å². The van der Waals surface area contributed by atoms with Gasteiger partial charge in [-0.2, -0.15) is 8.78 Å². The zero-order valence-electron chi connectivity index (χ0n) is 18.0. The molecule has 9 heteroatoms. The largest absolute Gasteiger partial charge is 0.434 e. The minimum atomic E-state index is -3.00. The van der Waals surface area contributed by atoms with Gasteiger partial charge in [0.05, 0.1) is 5.56 Å². The van der Waals surface area contributed by atoms with E-state index in [4.69, 9.17) is 16.0 Å². The molecule has 0 atom stereocenters. The summed E-state index contributed by atoms with van der Waals surface area (Å²) in [5, 5.41) is 1.41. The molecular weight excluding hydrogens is 454 g/mol. The van der Waals surface area contributed by atoms with E-state index in [2.05, 4.69) is 9.64 Å². The Morgan fingerprint density at radius 2 is 1.85 bits per heavy atom. The summed E-state index contributed by atoms with van der Waals surface area (Å²) in [7, 11) is 0. The molecule has 1 saturated heterocycles. The Kier molecular flexibility index (Phi) is 6.95. The van der Waals surface area contributed by atoms with Crippen LogP contribution < -0.4 is 10.4 Å². The van der Waals surface area contributed by atoms with Gasteiger partial charge in [0, 0.05) is 49.2 Å². The van der Waals surface area contributed by atoms with E-state index in [9.17, 15) is 18.4 Å². The van der Waals surface area contributed by atoms with Crippen molar-refractivity contribution in [3.8, 4) is 5.75 Å². The van der Waals surface area contributed by atoms with Crippen LogP contribution in [0.3, 0.4) is 0 Å². The zero-order valence-corrected chi connectivity index (χ0v) is 18.8. The molecule has 2 heterocycles. The Bertz CT molecular complexity index is 1220. The summed E-state index contributed by atoms with van der Waals surface area (Å²) < 4.78 is 35.2. The maximum Gasteiger partial charge on any atom is 0.387 e. The minimum Gasteiger partial charge on any atom is -0.434 e. The van der Waals surface area contributed by atoms with Gasteiger partial charge in [-0.25, -0.2) is 4.79 Å². The van der Waals surface area contributed by atoms with Crippen molar-refractivity contribution in [3.05, 3.63) is 74.6 Å². The third-order valence-electron chi connectivity index (χ3n) is 5.77. The van der Waals surface area contributed by atoms with Crippen LogP contribution in [0.15, 0.2) is 51.7 Å². The highest BCUT2D eigenvalue weighted by Gasteiger charge is 2.25. The van der Waals surface area contributed by atoms with E-state index in [0.717, 1.165) is 22.9 Å². The molecule has 0 N–H and O–H groups in total. The molecule has 0 radical (unpaired) electrons. The van der Waals surface area contributed by atoms with E-state index < -0.39 is 12.2 Å². The first-order chi connectivity index (χ1) is 15.9. The molecule has 3 aromatic rings. The molecule has 174 valence electrons. The van der Waals surface area contributed by atoms with E-state index in [1.807, 2.05) is 13.0 Å². The number of aryl methyl sites for hydroxylation is 1. The Morgan fingerprint density at radius 1 is 1.12 bits per heavy atom. The maximum absolute atomic E-state index is 12.9. The molecule has 4 rings (SSSR count). The van der Waals surface area contributed by atoms with Crippen LogP contribution in [0.25, 0.3) is 11.0 Å². The molecule has 1 aromatic heterocycles. The van der Waals surface area contributed by atoms with Crippen molar-refractivity contribution in [1.29, 1.82) is 0 Å². The summed E-state index contributed by atoms with van der Waals surface area (Å²) in [6.07, 6.45) is 0.726. The van der Waals surface area contributed by atoms with E-state index in [0.29, 0.717) is 43.3 Å². The SMILES string of the molecule is CCc1cc2oc(=O)cc(CN3CCN(C(=O)c4ccccc4OC(F)F)CC3)c2cc1Cl. The van der Waals surface area contributed by atoms with Crippen LogP contribution in [0, 0.1) is 0 Å². The van der Waals surface area contributed by atoms with Gasteiger partial charge in [0.1, 0.15) is 11.3 Å². The molecule has 0 spiro atoms. The smallest absolute Gasteiger partial charge is 0.387 e. The van der Waals surface area contributed by atoms with E-state index in [1.165, 1.54) is 18.2 Å². The highest BCUT2D eigenvalue weighted by Crippen LogP contribution is 2.27. The normalized spacial score (nSPS) is 14.8. The van der Waals surface area contributed by atoms with Gasteiger partial charge < -0.3 is 14.1 Å². The Labute approximate surface area is 194 Å². The summed E-state index contributed by atoms with van der Waals surface area (Å²) in [5.74, 6) is -0.485. The monoisotopic (exact) mass is 476 g/mol. The fourth-order valence-electron chi connectivity index (χ4n) is 4.05. The van der Waals surface area contributed by atoms with Crippen LogP contribution in [0.4, 0.5) is 8.78 Å². The molecule has 0 bridgehead atoms. The lowest BCUT2D eigenvalue weighted by Gasteiger charge is -2.35. The molecule has 33 heavy (non-hydrogen) atoms. The van der Waals surface area contributed by atoms with Crippen LogP contribution >= 0.6 is 11.6 Å². The van der Waals surface area contributed by atoms with Crippen molar-refractivity contribution < 1.29 is 22.7 Å². The van der Waals surface area contributed by atoms with Gasteiger partial charge in [0.2, 0.25) is 0 Å². The lowest BCUT2D eigenvalue weighted by molar-refractivity contribution is -0.0503. The van der Waals surface area contributed by atoms with Crippen molar-refractivity contribution in [2.45, 2.75) is 26.5 Å². The molecule has 0 aliphatic carbocycles. The third-order valence-corrected chi connectivity index (χ3v) is 6.12. The molecule has 0 saturated carbocycles. The Hall–Kier alpha value is -2.97. The standard InChI is InChI=1S/C24H23ClF2N2O4/c1-2-15-11-21-18(13-19(15)25)16(12-22(30)32-21)14-28-7-9-29(10-8-28)23(31)17-5-3-4-6-20(17)33-24(26)27/h3-6,11-13,24H,2,7-10,14H2,1H3. The molecule has 1 aliphatic heterocycles. The van der Waals surface area contributed by atoms with Gasteiger partial charge >= 0.3 is 12.2 Å². The number of carbonyl (C=O) groups excluding carboxylic acids is 1. The number of amides is 1. The van der Waals surface area contributed by atoms with Crippen molar-refractivity contribution in [3.63, 3.8) is 0 Å². The number of nitrogens with zero attached hydrogens (tertiary/aromatic N) is 2. The first kappa shape index (κ1) is 23.2. The van der Waals surface area contributed by atoms with Gasteiger partial charge in [0.25, 0.3) is 5.91 Å². The summed E-state index contributed by atoms with van der Waals surface area (Å²) in [4.78, 5) is 28.7. The van der Waals surface area contributed by atoms with Crippen LogP contribution in [0.2, 0.25) is 5.02 Å². The molecule has 1 aliphatic rings. The average molecular weight is 477 g/mol. The second kappa shape index (κ2) is 9.89. The summed E-state index contributed by atoms with van der Waals surface area (Å²) in [6.45, 7) is 1.43. The number of halogens is 3. The fraction of sp³-hybridized carbons (Fsp3) is 0.333. The Morgan fingerprint density at radius 3 is 2.55 bits per heavy atom. The first-order valence-electron chi connectivity index (χ1n) is 10.7. The van der Waals surface area contributed by atoms with Crippen LogP contribution in [-0.2, 0) is 13.0 Å². The number of alkyl halides is 2. The molecule has 1 amide bonds. The van der Waals surface area contributed by atoms with Crippen LogP contribution in [-0.4, -0.2) is 48.5 Å². The second-order valence-electron chi connectivity index (χ2n) is 7.83. The first-order valence-corrected chi connectivity index (χ1v) is 11.0. The van der Waals surface area contributed by atoms with Gasteiger partial charge in [0.15, 0.2) is 0 Å². The van der Waals surface area contributed by atoms with Crippen molar-refractivity contribution in [1.82, 2.24) is 9.80 Å². The van der Waals surface area contributed by atoms with Crippen LogP contribution in [0.5, 0.6) is 5.75 Å². The summed E-state index contributed by atoms with van der Waals surface area (Å²) in [5.41, 5.74) is 1.91. The molecule has 1 fully saturated rings. The van der Waals surface area contributed by atoms with Gasteiger partial charge in [-0.3, -0.25) is 9.69 Å².